The van der Waals surface area contributed by atoms with Gasteiger partial charge in [-0.2, -0.15) is 0 Å². The lowest BCUT2D eigenvalue weighted by atomic mass is 10.2. The summed E-state index contributed by atoms with van der Waals surface area (Å²) in [5.74, 6) is 1.32. The van der Waals surface area contributed by atoms with E-state index in [1.54, 1.807) is 14.2 Å². The van der Waals surface area contributed by atoms with E-state index in [1.807, 2.05) is 67.3 Å². The average Bonchev–Trinajstić information content (AvgIpc) is 2.64. The molecule has 0 fully saturated rings. The maximum absolute atomic E-state index is 12.6. The van der Waals surface area contributed by atoms with Crippen LogP contribution in [0, 0.1) is 0 Å². The van der Waals surface area contributed by atoms with Gasteiger partial charge in [0.15, 0.2) is 11.5 Å². The molecule has 25 heavy (non-hydrogen) atoms. The summed E-state index contributed by atoms with van der Waals surface area (Å²) < 4.78 is 10.5. The number of nitrogens with zero attached hydrogens (tertiary/aromatic N) is 1. The van der Waals surface area contributed by atoms with E-state index < -0.39 is 0 Å². The fourth-order valence-electron chi connectivity index (χ4n) is 2.54. The number of hydrogen-bond donors (Lipinski definition) is 1. The zero-order valence-electron chi connectivity index (χ0n) is 15.3. The molecule has 134 valence electrons. The van der Waals surface area contributed by atoms with Gasteiger partial charge in [-0.25, -0.2) is 4.79 Å². The number of rotatable bonds is 7. The minimum atomic E-state index is -0.0892. The number of carbonyl (C=O) groups is 1. The van der Waals surface area contributed by atoms with Crippen molar-refractivity contribution in [2.75, 3.05) is 14.2 Å². The van der Waals surface area contributed by atoms with E-state index in [9.17, 15) is 4.79 Å². The molecular formula is C20H26N2O3. The summed E-state index contributed by atoms with van der Waals surface area (Å²) in [6.45, 7) is 5.03. The lowest BCUT2D eigenvalue weighted by Gasteiger charge is -2.27. The van der Waals surface area contributed by atoms with Gasteiger partial charge in [0.1, 0.15) is 0 Å². The predicted molar refractivity (Wildman–Crippen MR) is 98.9 cm³/mol. The van der Waals surface area contributed by atoms with E-state index in [0.29, 0.717) is 24.6 Å². The number of hydrogen-bond acceptors (Lipinski definition) is 3. The minimum Gasteiger partial charge on any atom is -0.493 e. The van der Waals surface area contributed by atoms with E-state index in [1.165, 1.54) is 0 Å². The third-order valence-corrected chi connectivity index (χ3v) is 3.97. The Labute approximate surface area is 149 Å². The van der Waals surface area contributed by atoms with Crippen molar-refractivity contribution in [3.8, 4) is 11.5 Å². The topological polar surface area (TPSA) is 50.8 Å². The van der Waals surface area contributed by atoms with E-state index in [4.69, 9.17) is 9.47 Å². The molecule has 0 bridgehead atoms. The molecule has 5 heteroatoms. The molecule has 0 saturated heterocycles. The van der Waals surface area contributed by atoms with Gasteiger partial charge in [0.05, 0.1) is 14.2 Å². The maximum Gasteiger partial charge on any atom is 0.318 e. The first-order chi connectivity index (χ1) is 12.0. The highest BCUT2D eigenvalue weighted by Gasteiger charge is 2.17. The molecule has 0 aliphatic heterocycles. The second kappa shape index (κ2) is 8.97. The predicted octanol–water partition coefficient (Wildman–Crippen LogP) is 3.82. The molecule has 0 saturated carbocycles. The van der Waals surface area contributed by atoms with Gasteiger partial charge < -0.3 is 19.7 Å². The molecule has 0 atom stereocenters. The first kappa shape index (κ1) is 18.6. The van der Waals surface area contributed by atoms with Crippen LogP contribution in [0.25, 0.3) is 0 Å². The van der Waals surface area contributed by atoms with Gasteiger partial charge in [0, 0.05) is 19.1 Å². The number of benzene rings is 2. The molecule has 0 aromatic heterocycles. The normalized spacial score (nSPS) is 10.4. The quantitative estimate of drug-likeness (QED) is 0.832. The van der Waals surface area contributed by atoms with Crippen LogP contribution in [0.2, 0.25) is 0 Å². The molecule has 0 spiro atoms. The molecule has 2 amide bonds. The Balaban J connectivity index is 2.01. The van der Waals surface area contributed by atoms with E-state index in [-0.39, 0.29) is 12.1 Å². The highest BCUT2D eigenvalue weighted by atomic mass is 16.5. The van der Waals surface area contributed by atoms with Crippen molar-refractivity contribution in [3.05, 3.63) is 59.7 Å². The Hall–Kier alpha value is -2.69. The highest BCUT2D eigenvalue weighted by Crippen LogP contribution is 2.27. The van der Waals surface area contributed by atoms with Crippen molar-refractivity contribution in [1.82, 2.24) is 10.2 Å². The summed E-state index contributed by atoms with van der Waals surface area (Å²) >= 11 is 0. The number of carbonyl (C=O) groups excluding carboxylic acids is 1. The third kappa shape index (κ3) is 5.14. The van der Waals surface area contributed by atoms with E-state index in [2.05, 4.69) is 5.32 Å². The molecule has 2 aromatic carbocycles. The number of ether oxygens (including phenoxy) is 2. The van der Waals surface area contributed by atoms with Crippen LogP contribution in [-0.4, -0.2) is 31.2 Å². The van der Waals surface area contributed by atoms with E-state index in [0.717, 1.165) is 11.1 Å². The fourth-order valence-corrected chi connectivity index (χ4v) is 2.54. The standard InChI is InChI=1S/C20H26N2O3/c1-15(2)22(14-16-8-6-5-7-9-16)20(23)21-13-17-10-11-18(24-3)19(12-17)25-4/h5-12,15H,13-14H2,1-4H3,(H,21,23). The number of nitrogens with one attached hydrogen (secondary N) is 1. The molecule has 2 aromatic rings. The number of methoxy groups -OCH3 is 2. The van der Waals surface area contributed by atoms with Gasteiger partial charge in [0.25, 0.3) is 0 Å². The Morgan fingerprint density at radius 2 is 1.68 bits per heavy atom. The molecule has 0 aliphatic rings. The summed E-state index contributed by atoms with van der Waals surface area (Å²) in [5.41, 5.74) is 2.06. The van der Waals surface area contributed by atoms with Crippen LogP contribution in [0.15, 0.2) is 48.5 Å². The van der Waals surface area contributed by atoms with Crippen LogP contribution in [0.1, 0.15) is 25.0 Å². The maximum atomic E-state index is 12.6. The molecular weight excluding hydrogens is 316 g/mol. The summed E-state index contributed by atoms with van der Waals surface area (Å²) in [6.07, 6.45) is 0. The van der Waals surface area contributed by atoms with Gasteiger partial charge in [-0.15, -0.1) is 0 Å². The van der Waals surface area contributed by atoms with Crippen LogP contribution >= 0.6 is 0 Å². The molecule has 2 rings (SSSR count). The van der Waals surface area contributed by atoms with Gasteiger partial charge in [-0.3, -0.25) is 0 Å². The van der Waals surface area contributed by atoms with Crippen molar-refractivity contribution in [1.29, 1.82) is 0 Å². The molecule has 0 radical (unpaired) electrons. The molecule has 0 heterocycles. The number of urea groups is 1. The largest absolute Gasteiger partial charge is 0.493 e. The van der Waals surface area contributed by atoms with E-state index >= 15 is 0 Å². The molecule has 5 nitrogen and oxygen atoms in total. The number of amides is 2. The Morgan fingerprint density at radius 3 is 2.28 bits per heavy atom. The Morgan fingerprint density at radius 1 is 1.00 bits per heavy atom. The summed E-state index contributed by atoms with van der Waals surface area (Å²) in [6, 6.07) is 15.6. The molecule has 0 aliphatic carbocycles. The van der Waals surface area contributed by atoms with Crippen LogP contribution < -0.4 is 14.8 Å². The van der Waals surface area contributed by atoms with Crippen molar-refractivity contribution < 1.29 is 14.3 Å². The third-order valence-electron chi connectivity index (χ3n) is 3.97. The lowest BCUT2D eigenvalue weighted by Crippen LogP contribution is -2.43. The van der Waals surface area contributed by atoms with Gasteiger partial charge in [-0.1, -0.05) is 36.4 Å². The van der Waals surface area contributed by atoms with Gasteiger partial charge in [0.2, 0.25) is 0 Å². The zero-order chi connectivity index (χ0) is 18.2. The summed E-state index contributed by atoms with van der Waals surface area (Å²) in [7, 11) is 3.20. The van der Waals surface area contributed by atoms with Crippen molar-refractivity contribution in [2.24, 2.45) is 0 Å². The summed E-state index contributed by atoms with van der Waals surface area (Å²) in [5, 5.41) is 2.98. The van der Waals surface area contributed by atoms with Crippen molar-refractivity contribution in [3.63, 3.8) is 0 Å². The Kier molecular flexibility index (Phi) is 6.69. The summed E-state index contributed by atoms with van der Waals surface area (Å²) in [4.78, 5) is 14.4. The first-order valence-corrected chi connectivity index (χ1v) is 8.34. The van der Waals surface area contributed by atoms with Crippen LogP contribution in [-0.2, 0) is 13.1 Å². The van der Waals surface area contributed by atoms with Crippen LogP contribution in [0.4, 0.5) is 4.79 Å². The Bertz CT molecular complexity index is 687. The first-order valence-electron chi connectivity index (χ1n) is 8.34. The average molecular weight is 342 g/mol. The van der Waals surface area contributed by atoms with Crippen LogP contribution in [0.3, 0.4) is 0 Å². The van der Waals surface area contributed by atoms with Gasteiger partial charge in [-0.05, 0) is 37.1 Å². The minimum absolute atomic E-state index is 0.0892. The van der Waals surface area contributed by atoms with Crippen LogP contribution in [0.5, 0.6) is 11.5 Å². The van der Waals surface area contributed by atoms with Crippen molar-refractivity contribution >= 4 is 6.03 Å². The molecule has 1 N–H and O–H groups in total. The smallest absolute Gasteiger partial charge is 0.318 e. The second-order valence-electron chi connectivity index (χ2n) is 6.06. The zero-order valence-corrected chi connectivity index (χ0v) is 15.3. The SMILES string of the molecule is COc1ccc(CNC(=O)N(Cc2ccccc2)C(C)C)cc1OC. The molecule has 0 unspecified atom stereocenters. The lowest BCUT2D eigenvalue weighted by molar-refractivity contribution is 0.179. The second-order valence-corrected chi connectivity index (χ2v) is 6.06. The fraction of sp³-hybridized carbons (Fsp3) is 0.350. The van der Waals surface area contributed by atoms with Crippen molar-refractivity contribution in [2.45, 2.75) is 33.0 Å². The highest BCUT2D eigenvalue weighted by molar-refractivity contribution is 5.74. The van der Waals surface area contributed by atoms with Gasteiger partial charge >= 0.3 is 6.03 Å². The monoisotopic (exact) mass is 342 g/mol.